The van der Waals surface area contributed by atoms with Gasteiger partial charge in [-0.05, 0) is 35.4 Å². The van der Waals surface area contributed by atoms with Crippen molar-refractivity contribution in [2.45, 2.75) is 13.1 Å². The Hall–Kier alpha value is -2.24. The average Bonchev–Trinajstić information content (AvgIpc) is 2.59. The second-order valence-corrected chi connectivity index (χ2v) is 6.51. The minimum atomic E-state index is -0.306. The maximum atomic E-state index is 11.9. The molecule has 2 rings (SSSR count). The minimum absolute atomic E-state index is 0.0582. The summed E-state index contributed by atoms with van der Waals surface area (Å²) >= 11 is 11.9. The van der Waals surface area contributed by atoms with Crippen LogP contribution in [0.5, 0.6) is 0 Å². The molecule has 2 N–H and O–H groups in total. The van der Waals surface area contributed by atoms with Gasteiger partial charge in [0, 0.05) is 42.8 Å². The second-order valence-electron chi connectivity index (χ2n) is 5.67. The molecule has 25 heavy (non-hydrogen) atoms. The predicted molar refractivity (Wildman–Crippen MR) is 100.0 cm³/mol. The van der Waals surface area contributed by atoms with Crippen LogP contribution in [0.15, 0.2) is 42.5 Å². The van der Waals surface area contributed by atoms with E-state index >= 15 is 0 Å². The number of rotatable bonds is 5. The Labute approximate surface area is 156 Å². The molecular weight excluding hydrogens is 361 g/mol. The van der Waals surface area contributed by atoms with Crippen molar-refractivity contribution in [2.75, 3.05) is 14.1 Å². The molecule has 2 aromatic carbocycles. The topological polar surface area (TPSA) is 61.4 Å². The molecule has 0 fully saturated rings. The lowest BCUT2D eigenvalue weighted by molar-refractivity contribution is 0.0827. The van der Waals surface area contributed by atoms with E-state index in [0.29, 0.717) is 28.7 Å². The lowest BCUT2D eigenvalue weighted by Crippen LogP contribution is -2.34. The van der Waals surface area contributed by atoms with Crippen molar-refractivity contribution in [3.8, 4) is 0 Å². The number of carbonyl (C=O) groups excluding carboxylic acids is 2. The highest BCUT2D eigenvalue weighted by molar-refractivity contribution is 6.35. The first kappa shape index (κ1) is 19.1. The van der Waals surface area contributed by atoms with E-state index in [1.165, 1.54) is 4.90 Å². The van der Waals surface area contributed by atoms with Crippen LogP contribution in [-0.2, 0) is 13.1 Å². The van der Waals surface area contributed by atoms with E-state index < -0.39 is 0 Å². The monoisotopic (exact) mass is 379 g/mol. The highest BCUT2D eigenvalue weighted by Crippen LogP contribution is 2.20. The van der Waals surface area contributed by atoms with Gasteiger partial charge in [-0.2, -0.15) is 0 Å². The van der Waals surface area contributed by atoms with Gasteiger partial charge in [-0.15, -0.1) is 0 Å². The van der Waals surface area contributed by atoms with Crippen LogP contribution in [0.25, 0.3) is 0 Å². The third-order valence-electron chi connectivity index (χ3n) is 3.51. The van der Waals surface area contributed by atoms with Gasteiger partial charge >= 0.3 is 6.03 Å². The van der Waals surface area contributed by atoms with Gasteiger partial charge in [0.15, 0.2) is 0 Å². The highest BCUT2D eigenvalue weighted by Gasteiger charge is 2.08. The van der Waals surface area contributed by atoms with Gasteiger partial charge in [0.1, 0.15) is 0 Å². The molecule has 7 heteroatoms. The van der Waals surface area contributed by atoms with Gasteiger partial charge < -0.3 is 15.5 Å². The van der Waals surface area contributed by atoms with E-state index in [0.717, 1.165) is 11.1 Å². The predicted octanol–water partition coefficient (Wildman–Crippen LogP) is 3.69. The fourth-order valence-corrected chi connectivity index (χ4v) is 2.58. The molecule has 0 saturated heterocycles. The molecule has 0 aromatic heterocycles. The molecule has 3 amide bonds. The van der Waals surface area contributed by atoms with Crippen molar-refractivity contribution in [3.63, 3.8) is 0 Å². The largest absolute Gasteiger partial charge is 0.345 e. The second kappa shape index (κ2) is 8.74. The molecule has 0 aliphatic carbocycles. The van der Waals surface area contributed by atoms with Gasteiger partial charge in [0.05, 0.1) is 0 Å². The van der Waals surface area contributed by atoms with Crippen LogP contribution in [0.4, 0.5) is 4.79 Å². The summed E-state index contributed by atoms with van der Waals surface area (Å²) in [6.45, 7) is 0.661. The molecule has 0 bridgehead atoms. The molecular formula is C18H19Cl2N3O2. The molecule has 0 saturated carbocycles. The first-order valence-electron chi connectivity index (χ1n) is 7.63. The Balaban J connectivity index is 1.82. The van der Waals surface area contributed by atoms with Gasteiger partial charge in [-0.1, -0.05) is 41.4 Å². The molecule has 2 aromatic rings. The maximum Gasteiger partial charge on any atom is 0.315 e. The molecule has 0 heterocycles. The van der Waals surface area contributed by atoms with E-state index in [4.69, 9.17) is 23.2 Å². The van der Waals surface area contributed by atoms with Crippen LogP contribution in [0.2, 0.25) is 10.0 Å². The van der Waals surface area contributed by atoms with E-state index in [1.54, 1.807) is 44.4 Å². The number of nitrogens with one attached hydrogen (secondary N) is 2. The minimum Gasteiger partial charge on any atom is -0.345 e. The normalized spacial score (nSPS) is 10.2. The zero-order valence-corrected chi connectivity index (χ0v) is 15.5. The van der Waals surface area contributed by atoms with Gasteiger partial charge in [-0.25, -0.2) is 4.79 Å². The molecule has 0 atom stereocenters. The molecule has 0 unspecified atom stereocenters. The van der Waals surface area contributed by atoms with Crippen LogP contribution < -0.4 is 10.6 Å². The lowest BCUT2D eigenvalue weighted by atomic mass is 10.1. The molecule has 0 aliphatic heterocycles. The average molecular weight is 380 g/mol. The fraction of sp³-hybridized carbons (Fsp3) is 0.222. The summed E-state index contributed by atoms with van der Waals surface area (Å²) in [5, 5.41) is 6.55. The Bertz CT molecular complexity index is 761. The highest BCUT2D eigenvalue weighted by atomic mass is 35.5. The Kier molecular flexibility index (Phi) is 6.67. The van der Waals surface area contributed by atoms with Crippen LogP contribution in [0.1, 0.15) is 21.5 Å². The third-order valence-corrected chi connectivity index (χ3v) is 4.10. The van der Waals surface area contributed by atoms with Crippen molar-refractivity contribution in [2.24, 2.45) is 0 Å². The maximum absolute atomic E-state index is 11.9. The zero-order valence-electron chi connectivity index (χ0n) is 14.0. The first-order chi connectivity index (χ1) is 11.9. The number of hydrogen-bond acceptors (Lipinski definition) is 2. The first-order valence-corrected chi connectivity index (χ1v) is 8.38. The summed E-state index contributed by atoms with van der Waals surface area (Å²) in [5.74, 6) is -0.0582. The Morgan fingerprint density at radius 2 is 1.60 bits per heavy atom. The van der Waals surface area contributed by atoms with E-state index in [-0.39, 0.29) is 11.9 Å². The Morgan fingerprint density at radius 3 is 2.20 bits per heavy atom. The zero-order chi connectivity index (χ0) is 18.4. The van der Waals surface area contributed by atoms with Crippen molar-refractivity contribution in [1.29, 1.82) is 0 Å². The number of benzene rings is 2. The van der Waals surface area contributed by atoms with E-state index in [1.807, 2.05) is 12.1 Å². The summed E-state index contributed by atoms with van der Waals surface area (Å²) in [6.07, 6.45) is 0. The van der Waals surface area contributed by atoms with Crippen LogP contribution in [0.3, 0.4) is 0 Å². The van der Waals surface area contributed by atoms with E-state index in [9.17, 15) is 9.59 Å². The third kappa shape index (κ3) is 5.66. The molecule has 132 valence electrons. The summed E-state index contributed by atoms with van der Waals surface area (Å²) in [5.41, 5.74) is 2.29. The van der Waals surface area contributed by atoms with Crippen LogP contribution in [-0.4, -0.2) is 30.9 Å². The standard InChI is InChI=1S/C18H19Cl2N3O2/c1-23(2)17(24)13-5-3-12(4-6-13)10-21-18(25)22-11-14-7-8-15(19)9-16(14)20/h3-9H,10-11H2,1-2H3,(H2,21,22,25). The quantitative estimate of drug-likeness (QED) is 0.831. The number of halogens is 2. The SMILES string of the molecule is CN(C)C(=O)c1ccc(CNC(=O)NCc2ccc(Cl)cc2Cl)cc1. The molecule has 0 aliphatic rings. The van der Waals surface area contributed by atoms with Crippen molar-refractivity contribution in [1.82, 2.24) is 15.5 Å². The number of nitrogens with zero attached hydrogens (tertiary/aromatic N) is 1. The Morgan fingerprint density at radius 1 is 0.960 bits per heavy atom. The van der Waals surface area contributed by atoms with Gasteiger partial charge in [0.2, 0.25) is 0 Å². The number of carbonyl (C=O) groups is 2. The van der Waals surface area contributed by atoms with Gasteiger partial charge in [-0.3, -0.25) is 4.79 Å². The summed E-state index contributed by atoms with van der Waals surface area (Å²) in [7, 11) is 3.41. The molecule has 5 nitrogen and oxygen atoms in total. The number of amides is 3. The lowest BCUT2D eigenvalue weighted by Gasteiger charge is -2.11. The van der Waals surface area contributed by atoms with Gasteiger partial charge in [0.25, 0.3) is 5.91 Å². The fourth-order valence-electron chi connectivity index (χ4n) is 2.11. The van der Waals surface area contributed by atoms with Crippen molar-refractivity contribution < 1.29 is 9.59 Å². The van der Waals surface area contributed by atoms with Crippen molar-refractivity contribution in [3.05, 3.63) is 69.2 Å². The summed E-state index contributed by atoms with van der Waals surface area (Å²) < 4.78 is 0. The summed E-state index contributed by atoms with van der Waals surface area (Å²) in [4.78, 5) is 25.2. The molecule has 0 spiro atoms. The number of urea groups is 1. The van der Waals surface area contributed by atoms with Crippen LogP contribution >= 0.6 is 23.2 Å². The number of hydrogen-bond donors (Lipinski definition) is 2. The summed E-state index contributed by atoms with van der Waals surface area (Å²) in [6, 6.07) is 11.9. The smallest absolute Gasteiger partial charge is 0.315 e. The molecule has 0 radical (unpaired) electrons. The van der Waals surface area contributed by atoms with Crippen molar-refractivity contribution >= 4 is 35.1 Å². The van der Waals surface area contributed by atoms with E-state index in [2.05, 4.69) is 10.6 Å². The van der Waals surface area contributed by atoms with Crippen LogP contribution in [0, 0.1) is 0 Å².